The summed E-state index contributed by atoms with van der Waals surface area (Å²) < 4.78 is 14.7. The van der Waals surface area contributed by atoms with Crippen LogP contribution in [0.2, 0.25) is 0 Å². The minimum atomic E-state index is -0.720. The van der Waals surface area contributed by atoms with E-state index in [4.69, 9.17) is 14.9 Å². The fourth-order valence-corrected chi connectivity index (χ4v) is 1.56. The Labute approximate surface area is 109 Å². The van der Waals surface area contributed by atoms with Gasteiger partial charge in [-0.2, -0.15) is 0 Å². The van der Waals surface area contributed by atoms with Crippen molar-refractivity contribution in [3.8, 4) is 0 Å². The van der Waals surface area contributed by atoms with E-state index in [1.165, 1.54) is 6.07 Å². The molecule has 1 aromatic heterocycles. The monoisotopic (exact) mass is 263 g/mol. The molecule has 2 N–H and O–H groups in total. The standard InChI is InChI=1S/C13H13NO5/c1-2-17-12(15)7-18-13(16)11-6-8-5-9(14)3-4-10(8)19-11/h3-6H,2,7,14H2,1H3. The van der Waals surface area contributed by atoms with Crippen LogP contribution >= 0.6 is 0 Å². The summed E-state index contributed by atoms with van der Waals surface area (Å²) >= 11 is 0. The minimum Gasteiger partial charge on any atom is -0.463 e. The molecule has 100 valence electrons. The van der Waals surface area contributed by atoms with E-state index in [9.17, 15) is 9.59 Å². The van der Waals surface area contributed by atoms with E-state index in [1.807, 2.05) is 0 Å². The summed E-state index contributed by atoms with van der Waals surface area (Å²) in [6.45, 7) is 1.47. The smallest absolute Gasteiger partial charge is 0.374 e. The SMILES string of the molecule is CCOC(=O)COC(=O)c1cc2cc(N)ccc2o1. The molecule has 2 rings (SSSR count). The van der Waals surface area contributed by atoms with E-state index in [1.54, 1.807) is 25.1 Å². The van der Waals surface area contributed by atoms with Crippen molar-refractivity contribution in [1.29, 1.82) is 0 Å². The molecule has 2 aromatic rings. The maximum absolute atomic E-state index is 11.7. The molecular weight excluding hydrogens is 250 g/mol. The Balaban J connectivity index is 2.07. The van der Waals surface area contributed by atoms with E-state index in [0.717, 1.165) is 0 Å². The lowest BCUT2D eigenvalue weighted by Crippen LogP contribution is -2.16. The third-order valence-electron chi connectivity index (χ3n) is 2.37. The number of hydrogen-bond acceptors (Lipinski definition) is 6. The summed E-state index contributed by atoms with van der Waals surface area (Å²) in [4.78, 5) is 22.7. The average molecular weight is 263 g/mol. The fourth-order valence-electron chi connectivity index (χ4n) is 1.56. The normalized spacial score (nSPS) is 10.4. The number of nitrogens with two attached hydrogens (primary N) is 1. The first-order chi connectivity index (χ1) is 9.10. The van der Waals surface area contributed by atoms with Crippen LogP contribution in [0.3, 0.4) is 0 Å². The van der Waals surface area contributed by atoms with Crippen molar-refractivity contribution in [3.63, 3.8) is 0 Å². The van der Waals surface area contributed by atoms with Crippen LogP contribution in [-0.2, 0) is 14.3 Å². The maximum atomic E-state index is 11.7. The lowest BCUT2D eigenvalue weighted by molar-refractivity contribution is -0.146. The topological polar surface area (TPSA) is 91.8 Å². The molecule has 0 bridgehead atoms. The molecule has 0 fully saturated rings. The predicted octanol–water partition coefficient (Wildman–Crippen LogP) is 1.73. The summed E-state index contributed by atoms with van der Waals surface area (Å²) in [7, 11) is 0. The molecule has 0 spiro atoms. The lowest BCUT2D eigenvalue weighted by atomic mass is 10.2. The highest BCUT2D eigenvalue weighted by molar-refractivity contribution is 5.94. The van der Waals surface area contributed by atoms with Crippen LogP contribution in [0.15, 0.2) is 28.7 Å². The fraction of sp³-hybridized carbons (Fsp3) is 0.231. The third-order valence-corrected chi connectivity index (χ3v) is 2.37. The molecule has 0 aliphatic carbocycles. The van der Waals surface area contributed by atoms with Gasteiger partial charge in [0, 0.05) is 11.1 Å². The molecule has 6 nitrogen and oxygen atoms in total. The van der Waals surface area contributed by atoms with Crippen LogP contribution in [0, 0.1) is 0 Å². The van der Waals surface area contributed by atoms with Gasteiger partial charge in [-0.05, 0) is 31.2 Å². The number of fused-ring (bicyclic) bond motifs is 1. The molecule has 0 amide bonds. The Bertz CT molecular complexity index is 617. The zero-order chi connectivity index (χ0) is 13.8. The quantitative estimate of drug-likeness (QED) is 0.667. The van der Waals surface area contributed by atoms with E-state index in [0.29, 0.717) is 16.7 Å². The van der Waals surface area contributed by atoms with Crippen molar-refractivity contribution in [2.24, 2.45) is 0 Å². The molecule has 0 aliphatic rings. The molecule has 0 atom stereocenters. The van der Waals surface area contributed by atoms with E-state index in [-0.39, 0.29) is 12.4 Å². The Morgan fingerprint density at radius 3 is 2.79 bits per heavy atom. The van der Waals surface area contributed by atoms with Crippen LogP contribution in [-0.4, -0.2) is 25.2 Å². The first kappa shape index (κ1) is 12.9. The summed E-state index contributed by atoms with van der Waals surface area (Å²) in [6.07, 6.45) is 0. The van der Waals surface area contributed by atoms with Gasteiger partial charge >= 0.3 is 11.9 Å². The second-order valence-electron chi connectivity index (χ2n) is 3.79. The maximum Gasteiger partial charge on any atom is 0.374 e. The number of esters is 2. The number of rotatable bonds is 4. The third kappa shape index (κ3) is 3.04. The van der Waals surface area contributed by atoms with Gasteiger partial charge in [-0.1, -0.05) is 0 Å². The summed E-state index contributed by atoms with van der Waals surface area (Å²) in [6, 6.07) is 6.52. The summed E-state index contributed by atoms with van der Waals surface area (Å²) in [5.41, 5.74) is 6.72. The molecule has 0 unspecified atom stereocenters. The second-order valence-corrected chi connectivity index (χ2v) is 3.79. The van der Waals surface area contributed by atoms with E-state index in [2.05, 4.69) is 4.74 Å². The molecule has 0 saturated heterocycles. The number of carbonyl (C=O) groups is 2. The van der Waals surface area contributed by atoms with Crippen molar-refractivity contribution in [2.45, 2.75) is 6.92 Å². The van der Waals surface area contributed by atoms with Gasteiger partial charge in [0.15, 0.2) is 6.61 Å². The number of nitrogen functional groups attached to an aromatic ring is 1. The number of benzene rings is 1. The lowest BCUT2D eigenvalue weighted by Gasteiger charge is -2.01. The first-order valence-electron chi connectivity index (χ1n) is 5.72. The van der Waals surface area contributed by atoms with Crippen LogP contribution in [0.5, 0.6) is 0 Å². The van der Waals surface area contributed by atoms with Gasteiger partial charge in [-0.3, -0.25) is 0 Å². The minimum absolute atomic E-state index is 0.0184. The molecule has 0 saturated carbocycles. The van der Waals surface area contributed by atoms with Crippen molar-refractivity contribution in [1.82, 2.24) is 0 Å². The van der Waals surface area contributed by atoms with Gasteiger partial charge in [-0.25, -0.2) is 9.59 Å². The highest BCUT2D eigenvalue weighted by Crippen LogP contribution is 2.22. The Morgan fingerprint density at radius 2 is 2.05 bits per heavy atom. The summed E-state index contributed by atoms with van der Waals surface area (Å²) in [5.74, 6) is -1.30. The Kier molecular flexibility index (Phi) is 3.70. The zero-order valence-corrected chi connectivity index (χ0v) is 10.3. The summed E-state index contributed by atoms with van der Waals surface area (Å²) in [5, 5.41) is 0.697. The Morgan fingerprint density at radius 1 is 1.26 bits per heavy atom. The molecule has 0 aliphatic heterocycles. The van der Waals surface area contributed by atoms with Crippen molar-refractivity contribution >= 4 is 28.6 Å². The predicted molar refractivity (Wildman–Crippen MR) is 67.5 cm³/mol. The van der Waals surface area contributed by atoms with Crippen LogP contribution in [0.1, 0.15) is 17.5 Å². The van der Waals surface area contributed by atoms with Gasteiger partial charge in [0.1, 0.15) is 5.58 Å². The molecular formula is C13H13NO5. The molecule has 1 aromatic carbocycles. The zero-order valence-electron chi connectivity index (χ0n) is 10.3. The number of ether oxygens (including phenoxy) is 2. The highest BCUT2D eigenvalue weighted by atomic mass is 16.6. The van der Waals surface area contributed by atoms with Crippen molar-refractivity contribution in [3.05, 3.63) is 30.0 Å². The Hall–Kier alpha value is -2.50. The van der Waals surface area contributed by atoms with Crippen LogP contribution < -0.4 is 5.73 Å². The largest absolute Gasteiger partial charge is 0.463 e. The van der Waals surface area contributed by atoms with E-state index >= 15 is 0 Å². The molecule has 6 heteroatoms. The second kappa shape index (κ2) is 5.43. The van der Waals surface area contributed by atoms with Gasteiger partial charge in [0.25, 0.3) is 0 Å². The number of anilines is 1. The number of carbonyl (C=O) groups excluding carboxylic acids is 2. The first-order valence-corrected chi connectivity index (χ1v) is 5.72. The van der Waals surface area contributed by atoms with Crippen LogP contribution in [0.25, 0.3) is 11.0 Å². The van der Waals surface area contributed by atoms with Crippen molar-refractivity contribution in [2.75, 3.05) is 18.9 Å². The number of hydrogen-bond donors (Lipinski definition) is 1. The van der Waals surface area contributed by atoms with Crippen molar-refractivity contribution < 1.29 is 23.5 Å². The molecule has 1 heterocycles. The highest BCUT2D eigenvalue weighted by Gasteiger charge is 2.15. The van der Waals surface area contributed by atoms with Crippen LogP contribution in [0.4, 0.5) is 5.69 Å². The average Bonchev–Trinajstić information content (AvgIpc) is 2.79. The molecule has 19 heavy (non-hydrogen) atoms. The number of furan rings is 1. The van der Waals surface area contributed by atoms with Gasteiger partial charge in [-0.15, -0.1) is 0 Å². The molecule has 0 radical (unpaired) electrons. The van der Waals surface area contributed by atoms with Gasteiger partial charge in [0.2, 0.25) is 5.76 Å². The van der Waals surface area contributed by atoms with E-state index < -0.39 is 18.5 Å². The van der Waals surface area contributed by atoms with Gasteiger partial charge in [0.05, 0.1) is 6.61 Å². The van der Waals surface area contributed by atoms with Gasteiger partial charge < -0.3 is 19.6 Å².